The van der Waals surface area contributed by atoms with Crippen LogP contribution in [-0.2, 0) is 4.79 Å². The summed E-state index contributed by atoms with van der Waals surface area (Å²) in [5.41, 5.74) is 1.15. The number of benzene rings is 1. The summed E-state index contributed by atoms with van der Waals surface area (Å²) in [6, 6.07) is 8.04. The van der Waals surface area contributed by atoms with Crippen molar-refractivity contribution in [3.05, 3.63) is 29.8 Å². The third-order valence-electron chi connectivity index (χ3n) is 5.46. The van der Waals surface area contributed by atoms with Gasteiger partial charge in [0.1, 0.15) is 5.75 Å². The highest BCUT2D eigenvalue weighted by molar-refractivity contribution is 5.75. The number of carbonyl (C=O) groups excluding carboxylic acids is 1. The molecule has 2 amide bonds. The van der Waals surface area contributed by atoms with Crippen LogP contribution in [0.15, 0.2) is 24.3 Å². The molecular formula is C19H26N2O4. The predicted molar refractivity (Wildman–Crippen MR) is 93.8 cm³/mol. The number of methoxy groups -OCH3 is 1. The van der Waals surface area contributed by atoms with E-state index in [2.05, 4.69) is 11.4 Å². The molecule has 1 aliphatic heterocycles. The maximum atomic E-state index is 12.5. The molecule has 0 spiro atoms. The zero-order chi connectivity index (χ0) is 17.8. The van der Waals surface area contributed by atoms with Crippen LogP contribution in [0.3, 0.4) is 0 Å². The van der Waals surface area contributed by atoms with Gasteiger partial charge in [-0.2, -0.15) is 0 Å². The summed E-state index contributed by atoms with van der Waals surface area (Å²) in [7, 11) is 1.67. The lowest BCUT2D eigenvalue weighted by atomic mass is 9.86. The minimum Gasteiger partial charge on any atom is -0.496 e. The summed E-state index contributed by atoms with van der Waals surface area (Å²) in [4.78, 5) is 25.4. The van der Waals surface area contributed by atoms with E-state index in [1.165, 1.54) is 0 Å². The van der Waals surface area contributed by atoms with Crippen molar-refractivity contribution in [1.29, 1.82) is 0 Å². The Hall–Kier alpha value is -2.24. The van der Waals surface area contributed by atoms with Crippen LogP contribution in [0.4, 0.5) is 4.79 Å². The number of hydrogen-bond donors (Lipinski definition) is 2. The Morgan fingerprint density at radius 2 is 1.88 bits per heavy atom. The topological polar surface area (TPSA) is 78.9 Å². The lowest BCUT2D eigenvalue weighted by molar-refractivity contribution is -0.142. The molecule has 1 aliphatic carbocycles. The summed E-state index contributed by atoms with van der Waals surface area (Å²) < 4.78 is 5.44. The third-order valence-corrected chi connectivity index (χ3v) is 5.46. The van der Waals surface area contributed by atoms with Gasteiger partial charge in [-0.3, -0.25) is 4.79 Å². The molecule has 0 radical (unpaired) electrons. The number of carboxylic acid groups (broad SMARTS) is 1. The molecule has 1 atom stereocenters. The van der Waals surface area contributed by atoms with Gasteiger partial charge in [-0.05, 0) is 43.7 Å². The maximum Gasteiger partial charge on any atom is 0.317 e. The minimum absolute atomic E-state index is 0.0313. The highest BCUT2D eigenvalue weighted by Crippen LogP contribution is 2.33. The summed E-state index contributed by atoms with van der Waals surface area (Å²) in [6.07, 6.45) is 3.70. The number of ether oxygens (including phenoxy) is 1. The zero-order valence-corrected chi connectivity index (χ0v) is 14.6. The lowest BCUT2D eigenvalue weighted by Gasteiger charge is -2.28. The Morgan fingerprint density at radius 1 is 1.16 bits per heavy atom. The van der Waals surface area contributed by atoms with Gasteiger partial charge in [-0.15, -0.1) is 0 Å². The molecule has 1 heterocycles. The van der Waals surface area contributed by atoms with Gasteiger partial charge in [0.15, 0.2) is 0 Å². The van der Waals surface area contributed by atoms with Gasteiger partial charge in [0.2, 0.25) is 0 Å². The summed E-state index contributed by atoms with van der Waals surface area (Å²) >= 11 is 0. The molecule has 1 saturated carbocycles. The highest BCUT2D eigenvalue weighted by Gasteiger charge is 2.31. The molecule has 2 aliphatic rings. The first-order valence-electron chi connectivity index (χ1n) is 8.99. The number of carboxylic acids is 1. The second-order valence-corrected chi connectivity index (χ2v) is 7.01. The van der Waals surface area contributed by atoms with E-state index in [1.54, 1.807) is 7.11 Å². The second kappa shape index (κ2) is 7.76. The van der Waals surface area contributed by atoms with E-state index in [-0.39, 0.29) is 18.0 Å². The molecular weight excluding hydrogens is 320 g/mol. The van der Waals surface area contributed by atoms with Crippen molar-refractivity contribution in [2.45, 2.75) is 44.1 Å². The summed E-state index contributed by atoms with van der Waals surface area (Å²) in [5, 5.41) is 12.1. The second-order valence-electron chi connectivity index (χ2n) is 7.01. The lowest BCUT2D eigenvalue weighted by Crippen LogP contribution is -2.45. The highest BCUT2D eigenvalue weighted by atomic mass is 16.5. The number of nitrogens with one attached hydrogen (secondary N) is 1. The number of carbonyl (C=O) groups is 2. The van der Waals surface area contributed by atoms with E-state index in [0.717, 1.165) is 37.1 Å². The fourth-order valence-electron chi connectivity index (χ4n) is 3.95. The van der Waals surface area contributed by atoms with E-state index in [0.29, 0.717) is 25.3 Å². The average Bonchev–Trinajstić information content (AvgIpc) is 3.12. The van der Waals surface area contributed by atoms with Gasteiger partial charge < -0.3 is 20.1 Å². The molecule has 6 heteroatoms. The van der Waals surface area contributed by atoms with Crippen molar-refractivity contribution in [3.8, 4) is 5.75 Å². The SMILES string of the molecule is COc1ccccc1C1CCN(C(=O)NC2CCC(C(=O)O)CC2)C1. The van der Waals surface area contributed by atoms with Crippen LogP contribution in [0.5, 0.6) is 5.75 Å². The van der Waals surface area contributed by atoms with Gasteiger partial charge in [-0.25, -0.2) is 4.79 Å². The molecule has 2 fully saturated rings. The van der Waals surface area contributed by atoms with Crippen molar-refractivity contribution in [1.82, 2.24) is 10.2 Å². The van der Waals surface area contributed by atoms with E-state index < -0.39 is 5.97 Å². The summed E-state index contributed by atoms with van der Waals surface area (Å²) in [5.74, 6) is 0.199. The van der Waals surface area contributed by atoms with Crippen molar-refractivity contribution in [2.24, 2.45) is 5.92 Å². The van der Waals surface area contributed by atoms with E-state index >= 15 is 0 Å². The molecule has 2 N–H and O–H groups in total. The fourth-order valence-corrected chi connectivity index (χ4v) is 3.95. The van der Waals surface area contributed by atoms with Crippen LogP contribution in [-0.4, -0.2) is 48.2 Å². The Labute approximate surface area is 148 Å². The van der Waals surface area contributed by atoms with Crippen molar-refractivity contribution < 1.29 is 19.4 Å². The predicted octanol–water partition coefficient (Wildman–Crippen LogP) is 2.84. The number of amides is 2. The Kier molecular flexibility index (Phi) is 5.46. The Bertz CT molecular complexity index is 626. The maximum absolute atomic E-state index is 12.5. The normalized spacial score (nSPS) is 26.3. The fraction of sp³-hybridized carbons (Fsp3) is 0.579. The van der Waals surface area contributed by atoms with Crippen LogP contribution in [0.1, 0.15) is 43.6 Å². The molecule has 1 aromatic carbocycles. The quantitative estimate of drug-likeness (QED) is 0.879. The number of urea groups is 1. The molecule has 1 aromatic rings. The zero-order valence-electron chi connectivity index (χ0n) is 14.6. The van der Waals surface area contributed by atoms with Crippen molar-refractivity contribution in [2.75, 3.05) is 20.2 Å². The molecule has 1 saturated heterocycles. The summed E-state index contributed by atoms with van der Waals surface area (Å²) in [6.45, 7) is 1.43. The van der Waals surface area contributed by atoms with E-state index in [1.807, 2.05) is 23.1 Å². The monoisotopic (exact) mass is 346 g/mol. The number of hydrogen-bond acceptors (Lipinski definition) is 3. The minimum atomic E-state index is -0.719. The molecule has 25 heavy (non-hydrogen) atoms. The molecule has 0 bridgehead atoms. The molecule has 6 nitrogen and oxygen atoms in total. The molecule has 136 valence electrons. The first-order chi connectivity index (χ1) is 12.1. The molecule has 1 unspecified atom stereocenters. The Morgan fingerprint density at radius 3 is 2.56 bits per heavy atom. The van der Waals surface area contributed by atoms with E-state index in [4.69, 9.17) is 9.84 Å². The number of para-hydroxylation sites is 1. The number of nitrogens with zero attached hydrogens (tertiary/aromatic N) is 1. The first kappa shape index (κ1) is 17.6. The number of rotatable bonds is 4. The van der Waals surface area contributed by atoms with Crippen LogP contribution < -0.4 is 10.1 Å². The molecule has 3 rings (SSSR count). The van der Waals surface area contributed by atoms with Crippen LogP contribution in [0.2, 0.25) is 0 Å². The largest absolute Gasteiger partial charge is 0.496 e. The molecule has 0 aromatic heterocycles. The average molecular weight is 346 g/mol. The van der Waals surface area contributed by atoms with Gasteiger partial charge >= 0.3 is 12.0 Å². The van der Waals surface area contributed by atoms with Crippen molar-refractivity contribution in [3.63, 3.8) is 0 Å². The van der Waals surface area contributed by atoms with Crippen LogP contribution >= 0.6 is 0 Å². The standard InChI is InChI=1S/C19H26N2O4/c1-25-17-5-3-2-4-16(17)14-10-11-21(12-14)19(24)20-15-8-6-13(7-9-15)18(22)23/h2-5,13-15H,6-12H2,1H3,(H,20,24)(H,22,23). The van der Waals surface area contributed by atoms with Gasteiger partial charge in [-0.1, -0.05) is 18.2 Å². The van der Waals surface area contributed by atoms with Crippen molar-refractivity contribution >= 4 is 12.0 Å². The van der Waals surface area contributed by atoms with E-state index in [9.17, 15) is 9.59 Å². The smallest absolute Gasteiger partial charge is 0.317 e. The van der Waals surface area contributed by atoms with Crippen LogP contribution in [0, 0.1) is 5.92 Å². The van der Waals surface area contributed by atoms with Gasteiger partial charge in [0, 0.05) is 25.0 Å². The number of likely N-dealkylation sites (tertiary alicyclic amines) is 1. The third kappa shape index (κ3) is 4.06. The first-order valence-corrected chi connectivity index (χ1v) is 8.99. The van der Waals surface area contributed by atoms with Crippen LogP contribution in [0.25, 0.3) is 0 Å². The van der Waals surface area contributed by atoms with Gasteiger partial charge in [0.25, 0.3) is 0 Å². The van der Waals surface area contributed by atoms with Gasteiger partial charge in [0.05, 0.1) is 13.0 Å². The Balaban J connectivity index is 1.52. The number of aliphatic carboxylic acids is 1.